The second-order valence-corrected chi connectivity index (χ2v) is 8.71. The summed E-state index contributed by atoms with van der Waals surface area (Å²) in [6, 6.07) is 14.3. The molecule has 1 aromatic heterocycles. The summed E-state index contributed by atoms with van der Waals surface area (Å²) in [5, 5.41) is 14.6. The van der Waals surface area contributed by atoms with Gasteiger partial charge in [-0.1, -0.05) is 74.0 Å². The second-order valence-electron chi connectivity index (χ2n) is 7.80. The zero-order valence-electron chi connectivity index (χ0n) is 16.3. The number of tetrazole rings is 1. The molecule has 0 spiro atoms. The van der Waals surface area contributed by atoms with Crippen molar-refractivity contribution in [1.82, 2.24) is 20.6 Å². The van der Waals surface area contributed by atoms with Gasteiger partial charge in [0.15, 0.2) is 0 Å². The molecule has 2 aromatic carbocycles. The van der Waals surface area contributed by atoms with Gasteiger partial charge in [0.25, 0.3) is 0 Å². The number of hydrogen-bond donors (Lipinski definition) is 1. The molecular formula is C21H24BrN5. The first kappa shape index (κ1) is 19.4. The van der Waals surface area contributed by atoms with Gasteiger partial charge in [0.2, 0.25) is 5.82 Å². The van der Waals surface area contributed by atoms with E-state index in [4.69, 9.17) is 4.99 Å². The highest BCUT2D eigenvalue weighted by atomic mass is 79.9. The number of H-pyrrole nitrogens is 1. The van der Waals surface area contributed by atoms with Gasteiger partial charge in [0.05, 0.1) is 11.4 Å². The number of aromatic amines is 1. The monoisotopic (exact) mass is 425 g/mol. The van der Waals surface area contributed by atoms with Crippen LogP contribution in [0.2, 0.25) is 0 Å². The Kier molecular flexibility index (Phi) is 5.56. The van der Waals surface area contributed by atoms with Crippen molar-refractivity contribution in [3.8, 4) is 11.4 Å². The van der Waals surface area contributed by atoms with Crippen molar-refractivity contribution in [2.24, 2.45) is 16.3 Å². The lowest BCUT2D eigenvalue weighted by Crippen LogP contribution is -2.27. The van der Waals surface area contributed by atoms with Gasteiger partial charge in [-0.15, -0.1) is 10.2 Å². The van der Waals surface area contributed by atoms with E-state index in [-0.39, 0.29) is 11.3 Å². The maximum absolute atomic E-state index is 5.13. The van der Waals surface area contributed by atoms with Gasteiger partial charge < -0.3 is 0 Å². The third-order valence-electron chi connectivity index (χ3n) is 4.91. The van der Waals surface area contributed by atoms with E-state index < -0.39 is 0 Å². The first-order valence-corrected chi connectivity index (χ1v) is 9.74. The normalized spacial score (nSPS) is 13.6. The first-order valence-electron chi connectivity index (χ1n) is 8.95. The summed E-state index contributed by atoms with van der Waals surface area (Å²) in [6.07, 6.45) is 0. The molecule has 3 aromatic rings. The van der Waals surface area contributed by atoms with Crippen LogP contribution in [0.4, 0.5) is 5.69 Å². The number of nitrogens with one attached hydrogen (secondary N) is 1. The van der Waals surface area contributed by atoms with Crippen molar-refractivity contribution in [3.63, 3.8) is 0 Å². The Bertz CT molecular complexity index is 955. The predicted octanol–water partition coefficient (Wildman–Crippen LogP) is 5.74. The van der Waals surface area contributed by atoms with E-state index in [1.165, 1.54) is 0 Å². The molecule has 0 saturated heterocycles. The summed E-state index contributed by atoms with van der Waals surface area (Å²) in [7, 11) is 0. The third-order valence-corrected chi connectivity index (χ3v) is 5.40. The summed E-state index contributed by atoms with van der Waals surface area (Å²) >= 11 is 3.56. The zero-order valence-corrected chi connectivity index (χ0v) is 17.9. The first-order chi connectivity index (χ1) is 12.8. The van der Waals surface area contributed by atoms with Gasteiger partial charge in [0, 0.05) is 21.5 Å². The van der Waals surface area contributed by atoms with Crippen LogP contribution in [-0.4, -0.2) is 26.3 Å². The molecule has 0 fully saturated rings. The number of aromatic nitrogens is 4. The van der Waals surface area contributed by atoms with Crippen LogP contribution in [0.3, 0.4) is 0 Å². The molecule has 0 aliphatic carbocycles. The number of aliphatic imine (C=N–C) groups is 1. The van der Waals surface area contributed by atoms with Crippen LogP contribution in [0, 0.1) is 18.3 Å². The maximum Gasteiger partial charge on any atom is 0.205 e. The van der Waals surface area contributed by atoms with Crippen molar-refractivity contribution in [2.75, 3.05) is 0 Å². The molecule has 1 heterocycles. The Balaban J connectivity index is 2.24. The van der Waals surface area contributed by atoms with E-state index in [9.17, 15) is 0 Å². The molecule has 5 nitrogen and oxygen atoms in total. The van der Waals surface area contributed by atoms with Gasteiger partial charge in [-0.25, -0.2) is 0 Å². The van der Waals surface area contributed by atoms with E-state index >= 15 is 0 Å². The van der Waals surface area contributed by atoms with Crippen LogP contribution in [-0.2, 0) is 0 Å². The minimum absolute atomic E-state index is 0.0448. The summed E-state index contributed by atoms with van der Waals surface area (Å²) in [5.41, 5.74) is 5.11. The van der Waals surface area contributed by atoms with Crippen LogP contribution in [0.25, 0.3) is 11.4 Å². The van der Waals surface area contributed by atoms with E-state index in [2.05, 4.69) is 89.4 Å². The minimum Gasteiger partial charge on any atom is -0.252 e. The van der Waals surface area contributed by atoms with E-state index in [0.717, 1.165) is 32.6 Å². The number of nitrogens with zero attached hydrogens (tertiary/aromatic N) is 4. The third kappa shape index (κ3) is 4.33. The topological polar surface area (TPSA) is 66.8 Å². The van der Waals surface area contributed by atoms with Crippen LogP contribution in [0.15, 0.2) is 51.9 Å². The molecular weight excluding hydrogens is 402 g/mol. The number of hydrogen-bond acceptors (Lipinski definition) is 4. The predicted molar refractivity (Wildman–Crippen MR) is 113 cm³/mol. The Morgan fingerprint density at radius 3 is 2.56 bits per heavy atom. The molecule has 27 heavy (non-hydrogen) atoms. The molecule has 1 N–H and O–H groups in total. The summed E-state index contributed by atoms with van der Waals surface area (Å²) in [4.78, 5) is 5.13. The molecule has 0 amide bonds. The van der Waals surface area contributed by atoms with Crippen molar-refractivity contribution in [3.05, 3.63) is 58.1 Å². The van der Waals surface area contributed by atoms with Crippen LogP contribution < -0.4 is 0 Å². The van der Waals surface area contributed by atoms with Gasteiger partial charge in [-0.05, 0) is 35.2 Å². The average molecular weight is 426 g/mol. The molecule has 0 aliphatic rings. The molecule has 1 atom stereocenters. The number of aryl methyl sites for hydroxylation is 1. The van der Waals surface area contributed by atoms with Gasteiger partial charge >= 0.3 is 0 Å². The lowest BCUT2D eigenvalue weighted by molar-refractivity contribution is 0.334. The summed E-state index contributed by atoms with van der Waals surface area (Å²) in [5.74, 6) is 0.786. The Labute approximate surface area is 168 Å². The number of rotatable bonds is 4. The summed E-state index contributed by atoms with van der Waals surface area (Å²) < 4.78 is 1.01. The van der Waals surface area contributed by atoms with E-state index in [1.54, 1.807) is 0 Å². The standard InChI is InChI=1S/C21H24BrN5/c1-13-10-11-15(22)12-18(13)23-19(14(2)21(3,4)5)16-8-6-7-9-17(16)20-24-26-27-25-20/h6-12,14H,1-5H3,(H,24,25,26,27)/t14-/m1/s1. The Hall–Kier alpha value is -2.34. The van der Waals surface area contributed by atoms with Crippen molar-refractivity contribution < 1.29 is 0 Å². The Morgan fingerprint density at radius 2 is 1.89 bits per heavy atom. The van der Waals surface area contributed by atoms with Crippen LogP contribution in [0.1, 0.15) is 38.8 Å². The lowest BCUT2D eigenvalue weighted by atomic mass is 9.76. The highest BCUT2D eigenvalue weighted by molar-refractivity contribution is 9.10. The van der Waals surface area contributed by atoms with Gasteiger partial charge in [-0.2, -0.15) is 5.21 Å². The molecule has 0 unspecified atom stereocenters. The number of benzene rings is 2. The fourth-order valence-corrected chi connectivity index (χ4v) is 3.16. The molecule has 0 bridgehead atoms. The maximum atomic E-state index is 5.13. The smallest absolute Gasteiger partial charge is 0.205 e. The van der Waals surface area contributed by atoms with E-state index in [1.807, 2.05) is 24.3 Å². The van der Waals surface area contributed by atoms with Crippen molar-refractivity contribution in [1.29, 1.82) is 0 Å². The average Bonchev–Trinajstić information content (AvgIpc) is 3.15. The fourth-order valence-electron chi connectivity index (χ4n) is 2.81. The molecule has 0 radical (unpaired) electrons. The fraction of sp³-hybridized carbons (Fsp3) is 0.333. The summed E-state index contributed by atoms with van der Waals surface area (Å²) in [6.45, 7) is 11.0. The van der Waals surface area contributed by atoms with Crippen molar-refractivity contribution >= 4 is 27.3 Å². The quantitative estimate of drug-likeness (QED) is 0.541. The number of halogens is 1. The minimum atomic E-state index is 0.0448. The largest absolute Gasteiger partial charge is 0.252 e. The molecule has 6 heteroatoms. The molecule has 140 valence electrons. The molecule has 0 aliphatic heterocycles. The second kappa shape index (κ2) is 7.72. The lowest BCUT2D eigenvalue weighted by Gasteiger charge is -2.29. The highest BCUT2D eigenvalue weighted by Crippen LogP contribution is 2.34. The van der Waals surface area contributed by atoms with Gasteiger partial charge in [0.1, 0.15) is 0 Å². The SMILES string of the molecule is Cc1ccc(Br)cc1N=C(c1ccccc1-c1nn[nH]n1)[C@@H](C)C(C)(C)C. The highest BCUT2D eigenvalue weighted by Gasteiger charge is 2.28. The van der Waals surface area contributed by atoms with Crippen LogP contribution >= 0.6 is 15.9 Å². The van der Waals surface area contributed by atoms with E-state index in [0.29, 0.717) is 5.82 Å². The molecule has 3 rings (SSSR count). The van der Waals surface area contributed by atoms with Crippen LogP contribution in [0.5, 0.6) is 0 Å². The van der Waals surface area contributed by atoms with Gasteiger partial charge in [-0.3, -0.25) is 4.99 Å². The Morgan fingerprint density at radius 1 is 1.15 bits per heavy atom. The zero-order chi connectivity index (χ0) is 19.6. The molecule has 0 saturated carbocycles. The van der Waals surface area contributed by atoms with Crippen molar-refractivity contribution in [2.45, 2.75) is 34.6 Å².